The highest BCUT2D eigenvalue weighted by Crippen LogP contribution is 2.23. The van der Waals surface area contributed by atoms with E-state index in [9.17, 15) is 19.2 Å². The molecule has 3 amide bonds. The third-order valence-corrected chi connectivity index (χ3v) is 3.90. The maximum absolute atomic E-state index is 12.3. The molecule has 120 valence electrons. The lowest BCUT2D eigenvalue weighted by atomic mass is 10.1. The largest absolute Gasteiger partial charge is 0.322 e. The van der Waals surface area contributed by atoms with Crippen molar-refractivity contribution in [3.05, 3.63) is 64.7 Å². The molecule has 6 nitrogen and oxygen atoms in total. The molecule has 6 heteroatoms. The zero-order valence-electron chi connectivity index (χ0n) is 13.1. The number of amides is 3. The highest BCUT2D eigenvalue weighted by Gasteiger charge is 2.33. The Kier molecular flexibility index (Phi) is 3.73. The van der Waals surface area contributed by atoms with Gasteiger partial charge in [-0.3, -0.25) is 24.1 Å². The maximum Gasteiger partial charge on any atom is 0.261 e. The van der Waals surface area contributed by atoms with Gasteiger partial charge in [0.1, 0.15) is 0 Å². The second-order valence-corrected chi connectivity index (χ2v) is 5.52. The van der Waals surface area contributed by atoms with Crippen molar-refractivity contribution < 1.29 is 19.2 Å². The summed E-state index contributed by atoms with van der Waals surface area (Å²) in [5, 5.41) is 2.69. The van der Waals surface area contributed by atoms with Crippen molar-refractivity contribution >= 4 is 29.2 Å². The molecule has 0 aromatic heterocycles. The number of nitrogens with one attached hydrogen (secondary N) is 1. The molecule has 0 bridgehead atoms. The van der Waals surface area contributed by atoms with Gasteiger partial charge < -0.3 is 5.32 Å². The first-order valence-corrected chi connectivity index (χ1v) is 7.27. The fourth-order valence-corrected chi connectivity index (χ4v) is 2.49. The van der Waals surface area contributed by atoms with Gasteiger partial charge in [0.25, 0.3) is 17.7 Å². The Morgan fingerprint density at radius 1 is 0.875 bits per heavy atom. The van der Waals surface area contributed by atoms with Crippen LogP contribution in [0, 0.1) is 0 Å². The average molecular weight is 322 g/mol. The van der Waals surface area contributed by atoms with Crippen LogP contribution in [-0.4, -0.2) is 35.5 Å². The SMILES string of the molecule is CC(=O)c1ccc(NC(=O)c2ccc3c(c2)C(=O)N(C)C3=O)cc1. The molecule has 0 aliphatic carbocycles. The number of anilines is 1. The second-order valence-electron chi connectivity index (χ2n) is 5.52. The van der Waals surface area contributed by atoms with Crippen LogP contribution in [0.4, 0.5) is 5.69 Å². The highest BCUT2D eigenvalue weighted by atomic mass is 16.2. The zero-order valence-corrected chi connectivity index (χ0v) is 13.1. The van der Waals surface area contributed by atoms with E-state index in [0.29, 0.717) is 16.8 Å². The number of hydrogen-bond donors (Lipinski definition) is 1. The number of imide groups is 1. The van der Waals surface area contributed by atoms with Gasteiger partial charge in [0.15, 0.2) is 5.78 Å². The van der Waals surface area contributed by atoms with E-state index in [-0.39, 0.29) is 22.8 Å². The molecular formula is C18H14N2O4. The molecule has 0 unspecified atom stereocenters. The van der Waals surface area contributed by atoms with Crippen LogP contribution in [0.1, 0.15) is 48.4 Å². The number of carbonyl (C=O) groups excluding carboxylic acids is 4. The molecule has 0 fully saturated rings. The van der Waals surface area contributed by atoms with Crippen LogP contribution in [0.25, 0.3) is 0 Å². The third-order valence-electron chi connectivity index (χ3n) is 3.90. The molecule has 1 N–H and O–H groups in total. The Morgan fingerprint density at radius 2 is 1.46 bits per heavy atom. The predicted molar refractivity (Wildman–Crippen MR) is 87.3 cm³/mol. The van der Waals surface area contributed by atoms with Crippen LogP contribution < -0.4 is 5.32 Å². The average Bonchev–Trinajstić information content (AvgIpc) is 2.79. The van der Waals surface area contributed by atoms with E-state index in [0.717, 1.165) is 4.90 Å². The smallest absolute Gasteiger partial charge is 0.261 e. The maximum atomic E-state index is 12.3. The predicted octanol–water partition coefficient (Wildman–Crippen LogP) is 2.37. The summed E-state index contributed by atoms with van der Waals surface area (Å²) in [6.45, 7) is 1.47. The molecule has 0 radical (unpaired) electrons. The molecular weight excluding hydrogens is 308 g/mol. The Bertz CT molecular complexity index is 884. The van der Waals surface area contributed by atoms with E-state index in [4.69, 9.17) is 0 Å². The number of hydrogen-bond acceptors (Lipinski definition) is 4. The van der Waals surface area contributed by atoms with Crippen molar-refractivity contribution in [1.82, 2.24) is 4.90 Å². The second kappa shape index (κ2) is 5.73. The van der Waals surface area contributed by atoms with Gasteiger partial charge in [-0.1, -0.05) is 0 Å². The molecule has 1 aliphatic rings. The van der Waals surface area contributed by atoms with Gasteiger partial charge in [0, 0.05) is 23.9 Å². The summed E-state index contributed by atoms with van der Waals surface area (Å²) in [7, 11) is 1.40. The zero-order chi connectivity index (χ0) is 17.4. The fourth-order valence-electron chi connectivity index (χ4n) is 2.49. The summed E-state index contributed by atoms with van der Waals surface area (Å²) < 4.78 is 0. The number of benzene rings is 2. The summed E-state index contributed by atoms with van der Waals surface area (Å²) in [6.07, 6.45) is 0. The van der Waals surface area contributed by atoms with Crippen molar-refractivity contribution in [2.24, 2.45) is 0 Å². The quantitative estimate of drug-likeness (QED) is 0.694. The molecule has 2 aromatic carbocycles. The number of Topliss-reactive ketones (excluding diaryl/α,β-unsaturated/α-hetero) is 1. The van der Waals surface area contributed by atoms with Gasteiger partial charge >= 0.3 is 0 Å². The first kappa shape index (κ1) is 15.6. The minimum Gasteiger partial charge on any atom is -0.322 e. The fraction of sp³-hybridized carbons (Fsp3) is 0.111. The van der Waals surface area contributed by atoms with Crippen molar-refractivity contribution in [1.29, 1.82) is 0 Å². The Labute approximate surface area is 138 Å². The van der Waals surface area contributed by atoms with Crippen LogP contribution >= 0.6 is 0 Å². The lowest BCUT2D eigenvalue weighted by Crippen LogP contribution is -2.24. The summed E-state index contributed by atoms with van der Waals surface area (Å²) >= 11 is 0. The number of nitrogens with zero attached hydrogens (tertiary/aromatic N) is 1. The van der Waals surface area contributed by atoms with Crippen LogP contribution in [0.2, 0.25) is 0 Å². The van der Waals surface area contributed by atoms with E-state index >= 15 is 0 Å². The van der Waals surface area contributed by atoms with Crippen molar-refractivity contribution in [2.45, 2.75) is 6.92 Å². The van der Waals surface area contributed by atoms with E-state index in [2.05, 4.69) is 5.32 Å². The molecule has 3 rings (SSSR count). The van der Waals surface area contributed by atoms with E-state index in [1.807, 2.05) is 0 Å². The molecule has 1 aliphatic heterocycles. The molecule has 1 heterocycles. The van der Waals surface area contributed by atoms with Crippen LogP contribution in [-0.2, 0) is 0 Å². The minimum atomic E-state index is -0.421. The van der Waals surface area contributed by atoms with Gasteiger partial charge in [0.2, 0.25) is 0 Å². The van der Waals surface area contributed by atoms with Gasteiger partial charge in [-0.05, 0) is 49.4 Å². The molecule has 0 saturated carbocycles. The summed E-state index contributed by atoms with van der Waals surface area (Å²) in [4.78, 5) is 48.4. The van der Waals surface area contributed by atoms with Crippen molar-refractivity contribution in [2.75, 3.05) is 12.4 Å². The first-order valence-electron chi connectivity index (χ1n) is 7.27. The normalized spacial score (nSPS) is 13.0. The van der Waals surface area contributed by atoms with Gasteiger partial charge in [-0.15, -0.1) is 0 Å². The molecule has 0 saturated heterocycles. The van der Waals surface area contributed by atoms with E-state index < -0.39 is 11.8 Å². The molecule has 0 spiro atoms. The van der Waals surface area contributed by atoms with Crippen molar-refractivity contribution in [3.63, 3.8) is 0 Å². The van der Waals surface area contributed by atoms with E-state index in [1.165, 1.54) is 32.2 Å². The van der Waals surface area contributed by atoms with Crippen LogP contribution in [0.5, 0.6) is 0 Å². The highest BCUT2D eigenvalue weighted by molar-refractivity contribution is 6.22. The number of rotatable bonds is 3. The summed E-state index contributed by atoms with van der Waals surface area (Å²) in [6, 6.07) is 10.9. The van der Waals surface area contributed by atoms with Crippen molar-refractivity contribution in [3.8, 4) is 0 Å². The van der Waals surface area contributed by atoms with Gasteiger partial charge in [0.05, 0.1) is 11.1 Å². The first-order chi connectivity index (χ1) is 11.4. The molecule has 2 aromatic rings. The summed E-state index contributed by atoms with van der Waals surface area (Å²) in [5.74, 6) is -1.25. The van der Waals surface area contributed by atoms with Crippen LogP contribution in [0.15, 0.2) is 42.5 Å². The summed E-state index contributed by atoms with van der Waals surface area (Å²) in [5.41, 5.74) is 1.88. The Morgan fingerprint density at radius 3 is 2.08 bits per heavy atom. The number of carbonyl (C=O) groups is 4. The van der Waals surface area contributed by atoms with Gasteiger partial charge in [-0.2, -0.15) is 0 Å². The minimum absolute atomic E-state index is 0.0567. The molecule has 0 atom stereocenters. The monoisotopic (exact) mass is 322 g/mol. The molecule has 24 heavy (non-hydrogen) atoms. The third kappa shape index (κ3) is 2.58. The Balaban J connectivity index is 1.83. The lowest BCUT2D eigenvalue weighted by Gasteiger charge is -2.06. The Hall–Kier alpha value is -3.28. The standard InChI is InChI=1S/C18H14N2O4/c1-10(21)11-3-6-13(7-4-11)19-16(22)12-5-8-14-15(9-12)18(24)20(2)17(14)23/h3-9H,1-2H3,(H,19,22). The lowest BCUT2D eigenvalue weighted by molar-refractivity contribution is 0.0692. The van der Waals surface area contributed by atoms with Crippen LogP contribution in [0.3, 0.4) is 0 Å². The van der Waals surface area contributed by atoms with Gasteiger partial charge in [-0.25, -0.2) is 0 Å². The topological polar surface area (TPSA) is 83.6 Å². The number of fused-ring (bicyclic) bond motifs is 1. The van der Waals surface area contributed by atoms with E-state index in [1.54, 1.807) is 24.3 Å². The number of ketones is 1.